The van der Waals surface area contributed by atoms with Crippen LogP contribution in [-0.2, 0) is 0 Å². The fraction of sp³-hybridized carbons (Fsp3) is 1.00. The average molecular weight is 300 g/mol. The highest BCUT2D eigenvalue weighted by atomic mass is 16.3. The molecule has 1 fully saturated rings. The van der Waals surface area contributed by atoms with Crippen LogP contribution in [0.2, 0.25) is 0 Å². The Hall–Kier alpha value is -0.160. The second-order valence-corrected chi connectivity index (χ2v) is 7.43. The Morgan fingerprint density at radius 1 is 1.05 bits per heavy atom. The molecule has 1 saturated heterocycles. The van der Waals surface area contributed by atoms with Crippen molar-refractivity contribution in [3.8, 4) is 0 Å². The number of nitrogens with zero attached hydrogens (tertiary/aromatic N) is 2. The summed E-state index contributed by atoms with van der Waals surface area (Å²) >= 11 is 0. The summed E-state index contributed by atoms with van der Waals surface area (Å²) in [4.78, 5) is 5.15. The smallest absolute Gasteiger partial charge is 0.0613 e. The van der Waals surface area contributed by atoms with Gasteiger partial charge >= 0.3 is 0 Å². The zero-order chi connectivity index (χ0) is 15.9. The molecular formula is C17H37N3O. The van der Waals surface area contributed by atoms with Gasteiger partial charge in [-0.2, -0.15) is 0 Å². The van der Waals surface area contributed by atoms with Crippen molar-refractivity contribution >= 4 is 0 Å². The standard InChI is InChI=1S/C17H37N3O/c1-6-17(15-21,18-7-2)9-8-10-19-11-13-20(14-12-19)16(3,4)5/h18,21H,6-15H2,1-5H3. The van der Waals surface area contributed by atoms with E-state index in [0.717, 1.165) is 32.4 Å². The molecule has 1 rings (SSSR count). The fourth-order valence-corrected chi connectivity index (χ4v) is 3.30. The summed E-state index contributed by atoms with van der Waals surface area (Å²) in [6.45, 7) is 18.2. The van der Waals surface area contributed by atoms with Crippen molar-refractivity contribution in [1.29, 1.82) is 0 Å². The molecule has 1 heterocycles. The summed E-state index contributed by atoms with van der Waals surface area (Å²) in [5, 5.41) is 13.2. The number of nitrogens with one attached hydrogen (secondary N) is 1. The molecular weight excluding hydrogens is 262 g/mol. The van der Waals surface area contributed by atoms with Gasteiger partial charge in [0.05, 0.1) is 6.61 Å². The van der Waals surface area contributed by atoms with Crippen LogP contribution in [0.1, 0.15) is 53.9 Å². The molecule has 0 amide bonds. The van der Waals surface area contributed by atoms with E-state index in [-0.39, 0.29) is 12.1 Å². The largest absolute Gasteiger partial charge is 0.394 e. The van der Waals surface area contributed by atoms with Gasteiger partial charge in [-0.25, -0.2) is 0 Å². The van der Waals surface area contributed by atoms with Gasteiger partial charge in [0.15, 0.2) is 0 Å². The van der Waals surface area contributed by atoms with Crippen LogP contribution in [0, 0.1) is 0 Å². The van der Waals surface area contributed by atoms with Crippen LogP contribution >= 0.6 is 0 Å². The van der Waals surface area contributed by atoms with Gasteiger partial charge in [-0.15, -0.1) is 0 Å². The minimum atomic E-state index is -0.0675. The first kappa shape index (κ1) is 18.9. The van der Waals surface area contributed by atoms with Crippen molar-refractivity contribution < 1.29 is 5.11 Å². The number of rotatable bonds is 8. The van der Waals surface area contributed by atoms with Gasteiger partial charge in [0.1, 0.15) is 0 Å². The third-order valence-electron chi connectivity index (χ3n) is 4.98. The van der Waals surface area contributed by atoms with E-state index in [2.05, 4.69) is 49.7 Å². The van der Waals surface area contributed by atoms with E-state index in [1.165, 1.54) is 26.2 Å². The summed E-state index contributed by atoms with van der Waals surface area (Å²) in [6, 6.07) is 0. The van der Waals surface area contributed by atoms with Gasteiger partial charge < -0.3 is 15.3 Å². The molecule has 0 aromatic heterocycles. The molecule has 0 spiro atoms. The zero-order valence-corrected chi connectivity index (χ0v) is 14.9. The monoisotopic (exact) mass is 299 g/mol. The van der Waals surface area contributed by atoms with E-state index in [1.54, 1.807) is 0 Å². The number of hydrogen-bond donors (Lipinski definition) is 2. The van der Waals surface area contributed by atoms with Gasteiger partial charge in [-0.3, -0.25) is 4.90 Å². The van der Waals surface area contributed by atoms with E-state index in [9.17, 15) is 5.11 Å². The van der Waals surface area contributed by atoms with Crippen molar-refractivity contribution in [2.45, 2.75) is 65.0 Å². The predicted molar refractivity (Wildman–Crippen MR) is 90.8 cm³/mol. The van der Waals surface area contributed by atoms with E-state index < -0.39 is 0 Å². The summed E-state index contributed by atoms with van der Waals surface area (Å²) in [6.07, 6.45) is 3.22. The van der Waals surface area contributed by atoms with E-state index >= 15 is 0 Å². The Balaban J connectivity index is 2.31. The van der Waals surface area contributed by atoms with Gasteiger partial charge in [0, 0.05) is 37.3 Å². The normalized spacial score (nSPS) is 21.4. The first-order chi connectivity index (χ1) is 9.87. The Kier molecular flexibility index (Phi) is 7.62. The molecule has 1 unspecified atom stereocenters. The van der Waals surface area contributed by atoms with Crippen LogP contribution in [0.5, 0.6) is 0 Å². The molecule has 2 N–H and O–H groups in total. The highest BCUT2D eigenvalue weighted by Gasteiger charge is 2.28. The van der Waals surface area contributed by atoms with Crippen LogP contribution < -0.4 is 5.32 Å². The minimum absolute atomic E-state index is 0.0675. The van der Waals surface area contributed by atoms with Crippen LogP contribution in [0.25, 0.3) is 0 Å². The summed E-state index contributed by atoms with van der Waals surface area (Å²) in [5.41, 5.74) is 0.230. The highest BCUT2D eigenvalue weighted by Crippen LogP contribution is 2.19. The summed E-state index contributed by atoms with van der Waals surface area (Å²) in [5.74, 6) is 0. The maximum Gasteiger partial charge on any atom is 0.0613 e. The third-order valence-corrected chi connectivity index (χ3v) is 4.98. The molecule has 4 heteroatoms. The van der Waals surface area contributed by atoms with Gasteiger partial charge in [-0.05, 0) is 53.1 Å². The second-order valence-electron chi connectivity index (χ2n) is 7.43. The van der Waals surface area contributed by atoms with Gasteiger partial charge in [0.25, 0.3) is 0 Å². The number of hydrogen-bond acceptors (Lipinski definition) is 4. The van der Waals surface area contributed by atoms with Crippen LogP contribution in [0.3, 0.4) is 0 Å². The number of aliphatic hydroxyl groups is 1. The molecule has 1 aliphatic rings. The number of aliphatic hydroxyl groups excluding tert-OH is 1. The number of piperazine rings is 1. The van der Waals surface area contributed by atoms with Gasteiger partial charge in [0.2, 0.25) is 0 Å². The van der Waals surface area contributed by atoms with Crippen molar-refractivity contribution in [2.24, 2.45) is 0 Å². The molecule has 1 atom stereocenters. The third kappa shape index (κ3) is 5.85. The molecule has 1 aliphatic heterocycles. The molecule has 0 aromatic carbocycles. The van der Waals surface area contributed by atoms with Crippen LogP contribution in [0.4, 0.5) is 0 Å². The lowest BCUT2D eigenvalue weighted by Crippen LogP contribution is -2.53. The molecule has 0 aliphatic carbocycles. The summed E-state index contributed by atoms with van der Waals surface area (Å²) < 4.78 is 0. The van der Waals surface area contributed by atoms with Crippen molar-refractivity contribution in [3.63, 3.8) is 0 Å². The Labute approximate surface area is 131 Å². The Morgan fingerprint density at radius 2 is 1.67 bits per heavy atom. The lowest BCUT2D eigenvalue weighted by molar-refractivity contribution is 0.0590. The zero-order valence-electron chi connectivity index (χ0n) is 14.9. The molecule has 0 bridgehead atoms. The van der Waals surface area contributed by atoms with E-state index in [0.29, 0.717) is 5.54 Å². The second kappa shape index (κ2) is 8.47. The molecule has 21 heavy (non-hydrogen) atoms. The van der Waals surface area contributed by atoms with E-state index in [4.69, 9.17) is 0 Å². The molecule has 0 aromatic rings. The first-order valence-corrected chi connectivity index (χ1v) is 8.70. The predicted octanol–water partition coefficient (Wildman–Crippen LogP) is 1.93. The fourth-order valence-electron chi connectivity index (χ4n) is 3.30. The minimum Gasteiger partial charge on any atom is -0.394 e. The lowest BCUT2D eigenvalue weighted by atomic mass is 9.91. The lowest BCUT2D eigenvalue weighted by Gasteiger charge is -2.42. The molecule has 126 valence electrons. The van der Waals surface area contributed by atoms with Gasteiger partial charge in [-0.1, -0.05) is 13.8 Å². The maximum absolute atomic E-state index is 9.69. The Morgan fingerprint density at radius 3 is 2.10 bits per heavy atom. The van der Waals surface area contributed by atoms with Crippen LogP contribution in [0.15, 0.2) is 0 Å². The SMILES string of the molecule is CCNC(CC)(CO)CCCN1CCN(C(C)(C)C)CC1. The van der Waals surface area contributed by atoms with E-state index in [1.807, 2.05) is 0 Å². The first-order valence-electron chi connectivity index (χ1n) is 8.70. The summed E-state index contributed by atoms with van der Waals surface area (Å²) in [7, 11) is 0. The topological polar surface area (TPSA) is 38.7 Å². The Bertz CT molecular complexity index is 276. The van der Waals surface area contributed by atoms with Crippen molar-refractivity contribution in [1.82, 2.24) is 15.1 Å². The highest BCUT2D eigenvalue weighted by molar-refractivity contribution is 4.87. The van der Waals surface area contributed by atoms with Crippen molar-refractivity contribution in [2.75, 3.05) is 45.9 Å². The molecule has 0 saturated carbocycles. The van der Waals surface area contributed by atoms with Crippen LogP contribution in [-0.4, -0.2) is 71.9 Å². The molecule has 4 nitrogen and oxygen atoms in total. The maximum atomic E-state index is 9.69. The average Bonchev–Trinajstić information content (AvgIpc) is 2.46. The quantitative estimate of drug-likeness (QED) is 0.718. The molecule has 0 radical (unpaired) electrons. The van der Waals surface area contributed by atoms with Crippen molar-refractivity contribution in [3.05, 3.63) is 0 Å². The number of likely N-dealkylation sites (N-methyl/N-ethyl adjacent to an activating group) is 1.